The molecule has 0 aromatic heterocycles. The normalized spacial score (nSPS) is 25.7. The van der Waals surface area contributed by atoms with Gasteiger partial charge in [0.05, 0.1) is 7.11 Å². The summed E-state index contributed by atoms with van der Waals surface area (Å²) in [6, 6.07) is 6.30. The van der Waals surface area contributed by atoms with E-state index in [1.165, 1.54) is 39.0 Å². The predicted molar refractivity (Wildman–Crippen MR) is 100 cm³/mol. The first-order valence-electron chi connectivity index (χ1n) is 9.57. The number of benzene rings is 1. The molecule has 5 heteroatoms. The molecule has 1 aromatic rings. The van der Waals surface area contributed by atoms with E-state index >= 15 is 0 Å². The summed E-state index contributed by atoms with van der Waals surface area (Å²) in [5.74, 6) is 0.815. The van der Waals surface area contributed by atoms with Crippen molar-refractivity contribution in [3.05, 3.63) is 29.3 Å². The highest BCUT2D eigenvalue weighted by molar-refractivity contribution is 5.95. The number of ether oxygens (including phenoxy) is 1. The summed E-state index contributed by atoms with van der Waals surface area (Å²) in [6.07, 6.45) is 4.57. The van der Waals surface area contributed by atoms with E-state index in [2.05, 4.69) is 16.7 Å². The van der Waals surface area contributed by atoms with E-state index in [0.29, 0.717) is 17.5 Å². The molecular formula is C20H31N3O2. The Labute approximate surface area is 151 Å². The van der Waals surface area contributed by atoms with Crippen molar-refractivity contribution < 1.29 is 9.53 Å². The first-order valence-corrected chi connectivity index (χ1v) is 9.57. The molecule has 25 heavy (non-hydrogen) atoms. The Morgan fingerprint density at radius 2 is 1.84 bits per heavy atom. The molecule has 1 saturated heterocycles. The summed E-state index contributed by atoms with van der Waals surface area (Å²) < 4.78 is 5.53. The van der Waals surface area contributed by atoms with Crippen molar-refractivity contribution >= 4 is 5.91 Å². The standard InChI is InChI=1S/C20H31N3O2/c1-3-22-11-13-23(14-12-22)16-9-7-15(8-10-16)19-17(20(21)24)5-4-6-18(19)25-2/h4-6,15-16H,3,7-14H2,1-2H3,(H2,21,24). The van der Waals surface area contributed by atoms with Gasteiger partial charge in [0.2, 0.25) is 5.91 Å². The number of likely N-dealkylation sites (N-methyl/N-ethyl adjacent to an activating group) is 1. The molecule has 0 unspecified atom stereocenters. The Kier molecular flexibility index (Phi) is 5.97. The first kappa shape index (κ1) is 18.2. The van der Waals surface area contributed by atoms with Crippen LogP contribution in [-0.2, 0) is 0 Å². The van der Waals surface area contributed by atoms with Gasteiger partial charge in [-0.3, -0.25) is 9.69 Å². The topological polar surface area (TPSA) is 58.8 Å². The fourth-order valence-corrected chi connectivity index (χ4v) is 4.53. The fourth-order valence-electron chi connectivity index (χ4n) is 4.53. The second-order valence-electron chi connectivity index (χ2n) is 7.26. The molecule has 2 N–H and O–H groups in total. The Morgan fingerprint density at radius 1 is 1.16 bits per heavy atom. The van der Waals surface area contributed by atoms with E-state index in [9.17, 15) is 4.79 Å². The molecule has 0 radical (unpaired) electrons. The van der Waals surface area contributed by atoms with Crippen LogP contribution in [0.4, 0.5) is 0 Å². The first-order chi connectivity index (χ1) is 12.1. The van der Waals surface area contributed by atoms with Crippen LogP contribution < -0.4 is 10.5 Å². The van der Waals surface area contributed by atoms with Gasteiger partial charge >= 0.3 is 0 Å². The van der Waals surface area contributed by atoms with Crippen molar-refractivity contribution in [2.24, 2.45) is 5.73 Å². The molecular weight excluding hydrogens is 314 g/mol. The van der Waals surface area contributed by atoms with Gasteiger partial charge in [-0.05, 0) is 50.3 Å². The van der Waals surface area contributed by atoms with Gasteiger partial charge in [0.25, 0.3) is 0 Å². The molecule has 5 nitrogen and oxygen atoms in total. The number of hydrogen-bond donors (Lipinski definition) is 1. The van der Waals surface area contributed by atoms with Crippen LogP contribution in [0.3, 0.4) is 0 Å². The summed E-state index contributed by atoms with van der Waals surface area (Å²) in [5, 5.41) is 0. The van der Waals surface area contributed by atoms with Gasteiger partial charge < -0.3 is 15.4 Å². The van der Waals surface area contributed by atoms with Gasteiger partial charge in [-0.1, -0.05) is 13.0 Å². The number of hydrogen-bond acceptors (Lipinski definition) is 4. The lowest BCUT2D eigenvalue weighted by Gasteiger charge is -2.42. The maximum atomic E-state index is 11.9. The number of primary amides is 1. The second-order valence-corrected chi connectivity index (χ2v) is 7.26. The number of amides is 1. The van der Waals surface area contributed by atoms with Crippen molar-refractivity contribution in [3.63, 3.8) is 0 Å². The van der Waals surface area contributed by atoms with Gasteiger partial charge in [0.1, 0.15) is 5.75 Å². The van der Waals surface area contributed by atoms with Gasteiger partial charge in [-0.2, -0.15) is 0 Å². The number of nitrogens with two attached hydrogens (primary N) is 1. The van der Waals surface area contributed by atoms with E-state index in [0.717, 1.165) is 30.7 Å². The van der Waals surface area contributed by atoms with Crippen LogP contribution in [0.1, 0.15) is 54.4 Å². The Balaban J connectivity index is 1.66. The molecule has 0 bridgehead atoms. The van der Waals surface area contributed by atoms with E-state index in [1.807, 2.05) is 18.2 Å². The molecule has 1 aliphatic heterocycles. The zero-order valence-corrected chi connectivity index (χ0v) is 15.5. The lowest BCUT2D eigenvalue weighted by molar-refractivity contribution is 0.0784. The van der Waals surface area contributed by atoms with Crippen molar-refractivity contribution in [1.82, 2.24) is 9.80 Å². The lowest BCUT2D eigenvalue weighted by Crippen LogP contribution is -2.50. The number of nitrogens with zero attached hydrogens (tertiary/aromatic N) is 2. The molecule has 0 atom stereocenters. The molecule has 1 saturated carbocycles. The third-order valence-corrected chi connectivity index (χ3v) is 6.03. The van der Waals surface area contributed by atoms with Gasteiger partial charge in [0.15, 0.2) is 0 Å². The summed E-state index contributed by atoms with van der Waals surface area (Å²) in [5.41, 5.74) is 7.25. The zero-order valence-electron chi connectivity index (χ0n) is 15.5. The Bertz CT molecular complexity index is 589. The Hall–Kier alpha value is -1.59. The third-order valence-electron chi connectivity index (χ3n) is 6.03. The van der Waals surface area contributed by atoms with Crippen molar-refractivity contribution in [2.45, 2.75) is 44.6 Å². The number of methoxy groups -OCH3 is 1. The molecule has 138 valence electrons. The van der Waals surface area contributed by atoms with E-state index in [-0.39, 0.29) is 5.91 Å². The predicted octanol–water partition coefficient (Wildman–Crippen LogP) is 2.46. The minimum Gasteiger partial charge on any atom is -0.496 e. The largest absolute Gasteiger partial charge is 0.496 e. The molecule has 3 rings (SSSR count). The van der Waals surface area contributed by atoms with E-state index in [1.54, 1.807) is 7.11 Å². The quantitative estimate of drug-likeness (QED) is 0.891. The fraction of sp³-hybridized carbons (Fsp3) is 0.650. The number of carbonyl (C=O) groups excluding carboxylic acids is 1. The maximum Gasteiger partial charge on any atom is 0.249 e. The SMILES string of the molecule is CCN1CCN(C2CCC(c3c(OC)cccc3C(N)=O)CC2)CC1. The molecule has 2 aliphatic rings. The minimum atomic E-state index is -0.355. The number of rotatable bonds is 5. The summed E-state index contributed by atoms with van der Waals surface area (Å²) >= 11 is 0. The van der Waals surface area contributed by atoms with Crippen LogP contribution in [0.25, 0.3) is 0 Å². The summed E-state index contributed by atoms with van der Waals surface area (Å²) in [4.78, 5) is 17.0. The highest BCUT2D eigenvalue weighted by Crippen LogP contribution is 2.40. The highest BCUT2D eigenvalue weighted by atomic mass is 16.5. The minimum absolute atomic E-state index is 0.355. The summed E-state index contributed by atoms with van der Waals surface area (Å²) in [6.45, 7) is 8.15. The monoisotopic (exact) mass is 345 g/mol. The average Bonchev–Trinajstić information content (AvgIpc) is 2.67. The van der Waals surface area contributed by atoms with Crippen LogP contribution in [0.15, 0.2) is 18.2 Å². The van der Waals surface area contributed by atoms with Crippen LogP contribution in [0.2, 0.25) is 0 Å². The van der Waals surface area contributed by atoms with Gasteiger partial charge in [-0.15, -0.1) is 0 Å². The smallest absolute Gasteiger partial charge is 0.249 e. The molecule has 1 aromatic carbocycles. The average molecular weight is 345 g/mol. The van der Waals surface area contributed by atoms with E-state index in [4.69, 9.17) is 10.5 Å². The van der Waals surface area contributed by atoms with Crippen LogP contribution in [0, 0.1) is 0 Å². The van der Waals surface area contributed by atoms with Crippen molar-refractivity contribution in [1.29, 1.82) is 0 Å². The van der Waals surface area contributed by atoms with Crippen LogP contribution >= 0.6 is 0 Å². The van der Waals surface area contributed by atoms with Gasteiger partial charge in [-0.25, -0.2) is 0 Å². The van der Waals surface area contributed by atoms with Crippen LogP contribution in [0.5, 0.6) is 5.75 Å². The number of carbonyl (C=O) groups is 1. The second kappa shape index (κ2) is 8.19. The molecule has 1 aliphatic carbocycles. The number of piperazine rings is 1. The molecule has 1 amide bonds. The zero-order chi connectivity index (χ0) is 17.8. The lowest BCUT2D eigenvalue weighted by atomic mass is 9.79. The van der Waals surface area contributed by atoms with Crippen molar-refractivity contribution in [3.8, 4) is 5.75 Å². The van der Waals surface area contributed by atoms with Crippen molar-refractivity contribution in [2.75, 3.05) is 39.8 Å². The third kappa shape index (κ3) is 3.98. The molecule has 2 fully saturated rings. The Morgan fingerprint density at radius 3 is 2.40 bits per heavy atom. The molecule has 0 spiro atoms. The van der Waals surface area contributed by atoms with Crippen LogP contribution in [-0.4, -0.2) is 61.6 Å². The molecule has 1 heterocycles. The summed E-state index contributed by atoms with van der Waals surface area (Å²) in [7, 11) is 1.67. The maximum absolute atomic E-state index is 11.9. The van der Waals surface area contributed by atoms with E-state index < -0.39 is 0 Å². The van der Waals surface area contributed by atoms with Gasteiger partial charge in [0, 0.05) is 43.3 Å². The highest BCUT2D eigenvalue weighted by Gasteiger charge is 2.31.